The van der Waals surface area contributed by atoms with Gasteiger partial charge in [0.1, 0.15) is 11.3 Å². The number of rotatable bonds is 17. The van der Waals surface area contributed by atoms with E-state index in [9.17, 15) is 4.79 Å². The van der Waals surface area contributed by atoms with E-state index in [1.807, 2.05) is 0 Å². The fraction of sp³-hybridized carbons (Fsp3) is 0.553. The van der Waals surface area contributed by atoms with Crippen LogP contribution in [0.25, 0.3) is 21.9 Å². The standard InChI is InChI=1S/C38H54N4O/c1-6-8-10-11-12-13-14-15-21-35(43)39-27-29-22-24-30(25-23-29)28-42-34(20-9-7-2)41-36-33(26-38(3,4)5)40-32-19-17-16-18-31(32)37(36)42/h16-19,22-25H,6-15,20-21,26-28H2,1-5H3,(H,39,43). The van der Waals surface area contributed by atoms with E-state index in [0.29, 0.717) is 13.0 Å². The Labute approximate surface area is 259 Å². The summed E-state index contributed by atoms with van der Waals surface area (Å²) in [5.74, 6) is 1.30. The third-order valence-electron chi connectivity index (χ3n) is 8.30. The van der Waals surface area contributed by atoms with Gasteiger partial charge in [-0.2, -0.15) is 0 Å². The first-order valence-electron chi connectivity index (χ1n) is 16.9. The van der Waals surface area contributed by atoms with Crippen molar-refractivity contribution in [3.05, 3.63) is 71.2 Å². The number of amides is 1. The maximum absolute atomic E-state index is 12.4. The molecule has 4 rings (SSSR count). The average Bonchev–Trinajstić information content (AvgIpc) is 3.35. The lowest BCUT2D eigenvalue weighted by molar-refractivity contribution is -0.121. The first-order chi connectivity index (χ1) is 20.8. The highest BCUT2D eigenvalue weighted by Gasteiger charge is 2.22. The number of nitrogens with zero attached hydrogens (tertiary/aromatic N) is 3. The molecular formula is C38H54N4O. The summed E-state index contributed by atoms with van der Waals surface area (Å²) in [6.07, 6.45) is 14.7. The molecule has 0 atom stereocenters. The van der Waals surface area contributed by atoms with Crippen molar-refractivity contribution in [2.24, 2.45) is 5.41 Å². The molecule has 232 valence electrons. The fourth-order valence-corrected chi connectivity index (χ4v) is 5.92. The van der Waals surface area contributed by atoms with E-state index in [1.165, 1.54) is 55.0 Å². The van der Waals surface area contributed by atoms with Crippen molar-refractivity contribution in [1.29, 1.82) is 0 Å². The van der Waals surface area contributed by atoms with Gasteiger partial charge < -0.3 is 9.88 Å². The van der Waals surface area contributed by atoms with Gasteiger partial charge in [-0.15, -0.1) is 0 Å². The zero-order valence-corrected chi connectivity index (χ0v) is 27.5. The van der Waals surface area contributed by atoms with Crippen LogP contribution in [0.3, 0.4) is 0 Å². The predicted octanol–water partition coefficient (Wildman–Crippen LogP) is 9.71. The Kier molecular flexibility index (Phi) is 12.2. The molecular weight excluding hydrogens is 528 g/mol. The van der Waals surface area contributed by atoms with Crippen LogP contribution in [0.4, 0.5) is 0 Å². The van der Waals surface area contributed by atoms with Crippen LogP contribution in [-0.4, -0.2) is 20.4 Å². The Balaban J connectivity index is 1.44. The number of hydrogen-bond donors (Lipinski definition) is 1. The van der Waals surface area contributed by atoms with Crippen LogP contribution < -0.4 is 5.32 Å². The van der Waals surface area contributed by atoms with E-state index >= 15 is 0 Å². The quantitative estimate of drug-likeness (QED) is 0.126. The van der Waals surface area contributed by atoms with Crippen LogP contribution in [0.5, 0.6) is 0 Å². The predicted molar refractivity (Wildman–Crippen MR) is 181 cm³/mol. The Morgan fingerprint density at radius 2 is 1.44 bits per heavy atom. The van der Waals surface area contributed by atoms with Crippen LogP contribution in [-0.2, 0) is 30.7 Å². The number of hydrogen-bond acceptors (Lipinski definition) is 3. The number of carbonyl (C=O) groups is 1. The van der Waals surface area contributed by atoms with E-state index < -0.39 is 0 Å². The van der Waals surface area contributed by atoms with Crippen molar-refractivity contribution in [2.75, 3.05) is 0 Å². The van der Waals surface area contributed by atoms with Gasteiger partial charge in [-0.05, 0) is 41.9 Å². The number of unbranched alkanes of at least 4 members (excludes halogenated alkanes) is 8. The summed E-state index contributed by atoms with van der Waals surface area (Å²) in [6.45, 7) is 12.6. The lowest BCUT2D eigenvalue weighted by atomic mass is 9.89. The minimum atomic E-state index is 0.120. The van der Waals surface area contributed by atoms with Gasteiger partial charge in [0, 0.05) is 31.3 Å². The van der Waals surface area contributed by atoms with Crippen molar-refractivity contribution in [1.82, 2.24) is 19.9 Å². The Morgan fingerprint density at radius 3 is 2.14 bits per heavy atom. The Hall–Kier alpha value is -3.21. The van der Waals surface area contributed by atoms with Crippen LogP contribution in [0.15, 0.2) is 48.5 Å². The van der Waals surface area contributed by atoms with Gasteiger partial charge in [0.2, 0.25) is 5.91 Å². The van der Waals surface area contributed by atoms with Crippen LogP contribution in [0.2, 0.25) is 0 Å². The number of nitrogens with one attached hydrogen (secondary N) is 1. The lowest BCUT2D eigenvalue weighted by Gasteiger charge is -2.18. The molecule has 0 aliphatic heterocycles. The van der Waals surface area contributed by atoms with Gasteiger partial charge in [0.05, 0.1) is 16.7 Å². The molecule has 0 aliphatic rings. The van der Waals surface area contributed by atoms with Crippen LogP contribution >= 0.6 is 0 Å². The smallest absolute Gasteiger partial charge is 0.220 e. The van der Waals surface area contributed by atoms with E-state index in [1.54, 1.807) is 0 Å². The first-order valence-corrected chi connectivity index (χ1v) is 16.9. The van der Waals surface area contributed by atoms with Gasteiger partial charge in [-0.25, -0.2) is 4.98 Å². The minimum absolute atomic E-state index is 0.120. The molecule has 0 radical (unpaired) electrons. The number of carbonyl (C=O) groups excluding carboxylic acids is 1. The highest BCUT2D eigenvalue weighted by Crippen LogP contribution is 2.32. The largest absolute Gasteiger partial charge is 0.352 e. The third kappa shape index (κ3) is 9.64. The van der Waals surface area contributed by atoms with E-state index in [-0.39, 0.29) is 11.3 Å². The summed E-state index contributed by atoms with van der Waals surface area (Å²) >= 11 is 0. The highest BCUT2D eigenvalue weighted by atomic mass is 16.1. The second kappa shape index (κ2) is 16.0. The van der Waals surface area contributed by atoms with Crippen molar-refractivity contribution < 1.29 is 4.79 Å². The Morgan fingerprint density at radius 1 is 0.791 bits per heavy atom. The maximum atomic E-state index is 12.4. The summed E-state index contributed by atoms with van der Waals surface area (Å²) in [4.78, 5) is 22.8. The molecule has 2 aromatic carbocycles. The van der Waals surface area contributed by atoms with E-state index in [0.717, 1.165) is 73.2 Å². The number of fused-ring (bicyclic) bond motifs is 3. The highest BCUT2D eigenvalue weighted by molar-refractivity contribution is 6.03. The average molecular weight is 583 g/mol. The summed E-state index contributed by atoms with van der Waals surface area (Å²) in [6, 6.07) is 17.2. The number of aryl methyl sites for hydroxylation is 1. The SMILES string of the molecule is CCCCCCCCCCC(=O)NCc1ccc(Cn2c(CCCC)nc3c(CC(C)(C)C)nc4ccccc4c32)cc1. The van der Waals surface area contributed by atoms with Crippen LogP contribution in [0.1, 0.15) is 128 Å². The second-order valence-electron chi connectivity index (χ2n) is 13.5. The monoisotopic (exact) mass is 582 g/mol. The molecule has 1 N–H and O–H groups in total. The first kappa shape index (κ1) is 32.7. The van der Waals surface area contributed by atoms with Crippen molar-refractivity contribution in [3.8, 4) is 0 Å². The zero-order valence-electron chi connectivity index (χ0n) is 27.5. The molecule has 0 fully saturated rings. The maximum Gasteiger partial charge on any atom is 0.220 e. The lowest BCUT2D eigenvalue weighted by Crippen LogP contribution is -2.22. The number of benzene rings is 2. The molecule has 2 aromatic heterocycles. The summed E-state index contributed by atoms with van der Waals surface area (Å²) in [5, 5.41) is 4.29. The van der Waals surface area contributed by atoms with Crippen LogP contribution in [0, 0.1) is 5.41 Å². The Bertz CT molecular complexity index is 1450. The summed E-state index contributed by atoms with van der Waals surface area (Å²) < 4.78 is 2.43. The summed E-state index contributed by atoms with van der Waals surface area (Å²) in [5.41, 5.74) is 6.88. The molecule has 0 aliphatic carbocycles. The molecule has 5 nitrogen and oxygen atoms in total. The number of aromatic nitrogens is 3. The zero-order chi connectivity index (χ0) is 30.7. The van der Waals surface area contributed by atoms with Gasteiger partial charge in [0.25, 0.3) is 0 Å². The van der Waals surface area contributed by atoms with Gasteiger partial charge in [0.15, 0.2) is 0 Å². The van der Waals surface area contributed by atoms with E-state index in [2.05, 4.69) is 93.0 Å². The molecule has 0 bridgehead atoms. The molecule has 4 aromatic rings. The normalized spacial score (nSPS) is 11.9. The fourth-order valence-electron chi connectivity index (χ4n) is 5.92. The molecule has 0 saturated heterocycles. The third-order valence-corrected chi connectivity index (χ3v) is 8.30. The molecule has 0 unspecified atom stereocenters. The minimum Gasteiger partial charge on any atom is -0.352 e. The molecule has 0 spiro atoms. The molecule has 0 saturated carbocycles. The summed E-state index contributed by atoms with van der Waals surface area (Å²) in [7, 11) is 0. The molecule has 43 heavy (non-hydrogen) atoms. The van der Waals surface area contributed by atoms with E-state index in [4.69, 9.17) is 9.97 Å². The van der Waals surface area contributed by atoms with Gasteiger partial charge in [-0.3, -0.25) is 9.78 Å². The topological polar surface area (TPSA) is 59.8 Å². The van der Waals surface area contributed by atoms with Crippen molar-refractivity contribution in [3.63, 3.8) is 0 Å². The number of para-hydroxylation sites is 1. The molecule has 2 heterocycles. The van der Waals surface area contributed by atoms with Crippen molar-refractivity contribution >= 4 is 27.8 Å². The van der Waals surface area contributed by atoms with Gasteiger partial charge >= 0.3 is 0 Å². The number of pyridine rings is 1. The van der Waals surface area contributed by atoms with Gasteiger partial charge in [-0.1, -0.05) is 128 Å². The number of imidazole rings is 1. The second-order valence-corrected chi connectivity index (χ2v) is 13.5. The molecule has 5 heteroatoms. The molecule has 1 amide bonds. The van der Waals surface area contributed by atoms with Crippen molar-refractivity contribution in [2.45, 2.75) is 131 Å².